The van der Waals surface area contributed by atoms with Crippen molar-refractivity contribution in [1.82, 2.24) is 19.6 Å². The third kappa shape index (κ3) is 1.82. The van der Waals surface area contributed by atoms with Crippen molar-refractivity contribution in [2.24, 2.45) is 14.1 Å². The Kier molecular flexibility index (Phi) is 2.86. The van der Waals surface area contributed by atoms with E-state index in [-0.39, 0.29) is 5.69 Å². The van der Waals surface area contributed by atoms with Crippen molar-refractivity contribution in [3.63, 3.8) is 0 Å². The maximum Gasteiger partial charge on any atom is 0.356 e. The van der Waals surface area contributed by atoms with E-state index in [9.17, 15) is 4.79 Å². The van der Waals surface area contributed by atoms with Crippen molar-refractivity contribution in [1.29, 1.82) is 0 Å². The molecule has 0 amide bonds. The van der Waals surface area contributed by atoms with E-state index in [0.29, 0.717) is 0 Å². The Hall–Kier alpha value is -2.15. The molecule has 0 aliphatic heterocycles. The van der Waals surface area contributed by atoms with Gasteiger partial charge in [-0.1, -0.05) is 12.1 Å². The fourth-order valence-electron chi connectivity index (χ4n) is 2.30. The summed E-state index contributed by atoms with van der Waals surface area (Å²) in [4.78, 5) is 11.0. The van der Waals surface area contributed by atoms with Gasteiger partial charge in [0, 0.05) is 25.0 Å². The summed E-state index contributed by atoms with van der Waals surface area (Å²) in [6.45, 7) is 0. The molecule has 2 heterocycles. The predicted molar refractivity (Wildman–Crippen MR) is 77.6 cm³/mol. The lowest BCUT2D eigenvalue weighted by Crippen LogP contribution is -1.99. The normalized spacial score (nSPS) is 11.2. The van der Waals surface area contributed by atoms with Crippen molar-refractivity contribution in [2.75, 3.05) is 0 Å². The van der Waals surface area contributed by atoms with Crippen LogP contribution in [0.5, 0.6) is 0 Å². The zero-order valence-corrected chi connectivity index (χ0v) is 12.4. The van der Waals surface area contributed by atoms with Crippen molar-refractivity contribution in [3.8, 4) is 11.3 Å². The molecule has 2 aromatic heterocycles. The number of carboxylic acid groups (broad SMARTS) is 1. The number of aromatic nitrogens is 4. The molecule has 0 atom stereocenters. The van der Waals surface area contributed by atoms with Crippen LogP contribution in [-0.2, 0) is 14.1 Å². The number of hydrogen-bond acceptors (Lipinski definition) is 3. The Morgan fingerprint density at radius 1 is 1.25 bits per heavy atom. The molecule has 7 heteroatoms. The molecule has 1 N–H and O–H groups in total. The highest BCUT2D eigenvalue weighted by molar-refractivity contribution is 9.10. The topological polar surface area (TPSA) is 72.9 Å². The molecule has 3 rings (SSSR count). The second kappa shape index (κ2) is 4.45. The third-order valence-electron chi connectivity index (χ3n) is 3.21. The van der Waals surface area contributed by atoms with Gasteiger partial charge in [-0.3, -0.25) is 9.36 Å². The lowest BCUT2D eigenvalue weighted by Gasteiger charge is -2.04. The molecular weight excluding hydrogens is 324 g/mol. The molecule has 6 nitrogen and oxygen atoms in total. The van der Waals surface area contributed by atoms with Crippen LogP contribution in [0.1, 0.15) is 10.5 Å². The summed E-state index contributed by atoms with van der Waals surface area (Å²) in [6, 6.07) is 7.37. The number of carboxylic acids is 1. The summed E-state index contributed by atoms with van der Waals surface area (Å²) < 4.78 is 4.07. The second-order valence-electron chi connectivity index (χ2n) is 4.46. The lowest BCUT2D eigenvalue weighted by molar-refractivity contribution is 0.0689. The van der Waals surface area contributed by atoms with Gasteiger partial charge in [-0.25, -0.2) is 4.79 Å². The van der Waals surface area contributed by atoms with Crippen LogP contribution in [0.15, 0.2) is 28.9 Å². The van der Waals surface area contributed by atoms with Crippen LogP contribution in [0.3, 0.4) is 0 Å². The molecule has 1 aromatic carbocycles. The first-order valence-electron chi connectivity index (χ1n) is 5.88. The fourth-order valence-corrected chi connectivity index (χ4v) is 2.95. The van der Waals surface area contributed by atoms with Crippen LogP contribution in [0.25, 0.3) is 22.2 Å². The molecule has 0 saturated carbocycles. The van der Waals surface area contributed by atoms with Crippen LogP contribution in [0.2, 0.25) is 0 Å². The highest BCUT2D eigenvalue weighted by atomic mass is 79.9. The number of halogens is 1. The second-order valence-corrected chi connectivity index (χ2v) is 5.21. The van der Waals surface area contributed by atoms with E-state index in [0.717, 1.165) is 26.8 Å². The molecule has 0 unspecified atom stereocenters. The number of benzene rings is 1. The van der Waals surface area contributed by atoms with E-state index in [1.807, 2.05) is 25.2 Å². The number of nitrogens with zero attached hydrogens (tertiary/aromatic N) is 4. The maximum absolute atomic E-state index is 11.0. The van der Waals surface area contributed by atoms with Crippen molar-refractivity contribution in [3.05, 3.63) is 34.6 Å². The summed E-state index contributed by atoms with van der Waals surface area (Å²) in [6.07, 6.45) is 0. The van der Waals surface area contributed by atoms with Gasteiger partial charge in [0.15, 0.2) is 5.69 Å². The van der Waals surface area contributed by atoms with Crippen molar-refractivity contribution < 1.29 is 9.90 Å². The van der Waals surface area contributed by atoms with Gasteiger partial charge in [0.05, 0.1) is 11.2 Å². The Balaban J connectivity index is 2.32. The molecule has 3 aromatic rings. The first kappa shape index (κ1) is 12.9. The monoisotopic (exact) mass is 334 g/mol. The summed E-state index contributed by atoms with van der Waals surface area (Å²) in [5, 5.41) is 18.3. The summed E-state index contributed by atoms with van der Waals surface area (Å²) in [5.74, 6) is -1.04. The summed E-state index contributed by atoms with van der Waals surface area (Å²) in [5.41, 5.74) is 2.62. The van der Waals surface area contributed by atoms with Crippen LogP contribution < -0.4 is 0 Å². The van der Waals surface area contributed by atoms with Gasteiger partial charge in [-0.2, -0.15) is 10.2 Å². The average molecular weight is 335 g/mol. The van der Waals surface area contributed by atoms with E-state index >= 15 is 0 Å². The standard InChI is InChI=1S/C13H11BrN4O2/c1-17-9-5-3-4-7(11(9)12(14)16-17)10-6-8(13(19)20)15-18(10)2/h3-6H,1-2H3,(H,19,20). The Morgan fingerprint density at radius 3 is 2.65 bits per heavy atom. The minimum absolute atomic E-state index is 0.0273. The van der Waals surface area contributed by atoms with Crippen LogP contribution in [-0.4, -0.2) is 30.6 Å². The highest BCUT2D eigenvalue weighted by Crippen LogP contribution is 2.33. The summed E-state index contributed by atoms with van der Waals surface area (Å²) >= 11 is 3.45. The van der Waals surface area contributed by atoms with Gasteiger partial charge >= 0.3 is 5.97 Å². The number of hydrogen-bond donors (Lipinski definition) is 1. The number of rotatable bonds is 2. The fraction of sp³-hybridized carbons (Fsp3) is 0.154. The lowest BCUT2D eigenvalue weighted by atomic mass is 10.1. The van der Waals surface area contributed by atoms with E-state index < -0.39 is 5.97 Å². The zero-order valence-electron chi connectivity index (χ0n) is 10.8. The SMILES string of the molecule is Cn1nc(C(=O)O)cc1-c1cccc2c1c(Br)nn2C. The largest absolute Gasteiger partial charge is 0.476 e. The first-order chi connectivity index (χ1) is 9.49. The minimum atomic E-state index is -1.04. The van der Waals surface area contributed by atoms with Crippen LogP contribution >= 0.6 is 15.9 Å². The molecule has 0 aliphatic carbocycles. The molecule has 102 valence electrons. The smallest absolute Gasteiger partial charge is 0.356 e. The first-order valence-corrected chi connectivity index (χ1v) is 6.67. The molecule has 0 aliphatic rings. The van der Waals surface area contributed by atoms with E-state index in [4.69, 9.17) is 5.11 Å². The number of fused-ring (bicyclic) bond motifs is 1. The maximum atomic E-state index is 11.0. The molecule has 0 saturated heterocycles. The Labute approximate surface area is 122 Å². The van der Waals surface area contributed by atoms with E-state index in [1.54, 1.807) is 22.5 Å². The highest BCUT2D eigenvalue weighted by Gasteiger charge is 2.17. The predicted octanol–water partition coefficient (Wildman–Crippen LogP) is 2.43. The van der Waals surface area contributed by atoms with Crippen molar-refractivity contribution >= 4 is 32.8 Å². The van der Waals surface area contributed by atoms with Crippen LogP contribution in [0.4, 0.5) is 0 Å². The molecule has 0 fully saturated rings. The molecule has 0 radical (unpaired) electrons. The number of carbonyl (C=O) groups is 1. The van der Waals surface area contributed by atoms with Gasteiger partial charge in [0.25, 0.3) is 0 Å². The quantitative estimate of drug-likeness (QED) is 0.781. The minimum Gasteiger partial charge on any atom is -0.476 e. The number of aryl methyl sites for hydroxylation is 2. The zero-order chi connectivity index (χ0) is 14.4. The van der Waals surface area contributed by atoms with E-state index in [2.05, 4.69) is 26.1 Å². The van der Waals surface area contributed by atoms with Gasteiger partial charge in [0.2, 0.25) is 0 Å². The van der Waals surface area contributed by atoms with Gasteiger partial charge in [-0.05, 0) is 28.1 Å². The van der Waals surface area contributed by atoms with Gasteiger partial charge in [0.1, 0.15) is 4.60 Å². The van der Waals surface area contributed by atoms with Crippen LogP contribution in [0, 0.1) is 0 Å². The third-order valence-corrected chi connectivity index (χ3v) is 3.77. The van der Waals surface area contributed by atoms with Gasteiger partial charge < -0.3 is 5.11 Å². The number of aromatic carboxylic acids is 1. The summed E-state index contributed by atoms with van der Waals surface area (Å²) in [7, 11) is 3.59. The average Bonchev–Trinajstić information content (AvgIpc) is 2.92. The Bertz CT molecular complexity index is 834. The molecule has 20 heavy (non-hydrogen) atoms. The van der Waals surface area contributed by atoms with Gasteiger partial charge in [-0.15, -0.1) is 0 Å². The molecular formula is C13H11BrN4O2. The van der Waals surface area contributed by atoms with E-state index in [1.165, 1.54) is 0 Å². The molecule has 0 spiro atoms. The Morgan fingerprint density at radius 2 is 2.00 bits per heavy atom. The van der Waals surface area contributed by atoms with Crippen molar-refractivity contribution in [2.45, 2.75) is 0 Å². The molecule has 0 bridgehead atoms.